The molecule has 0 aliphatic carbocycles. The topological polar surface area (TPSA) is 0 Å². The molecule has 0 aromatic carbocycles. The van der Waals surface area contributed by atoms with Gasteiger partial charge in [-0.2, -0.15) is 6.42 Å². The Morgan fingerprint density at radius 3 is 1.75 bits per heavy atom. The summed E-state index contributed by atoms with van der Waals surface area (Å²) in [5.74, 6) is 0. The Labute approximate surface area is 77.7 Å². The van der Waals surface area contributed by atoms with Gasteiger partial charge in [0.1, 0.15) is 0 Å². The maximum Gasteiger partial charge on any atom is 2.00 e. The van der Waals surface area contributed by atoms with E-state index in [1.807, 2.05) is 0 Å². The first-order chi connectivity index (χ1) is 2.41. The van der Waals surface area contributed by atoms with Crippen molar-refractivity contribution < 1.29 is 4.70 Å². The maximum atomic E-state index is 3.68. The molecule has 0 fully saturated rings. The standard InChI is InChI=1S/C5H11.BrH.FH.Mg/c1-3-5-4-2;;;/h1,3-5H2,2H3;2*1H;/q-1;;;+2/p-1. The summed E-state index contributed by atoms with van der Waals surface area (Å²) in [6, 6.07) is 0. The Morgan fingerprint density at radius 1 is 1.38 bits per heavy atom. The summed E-state index contributed by atoms with van der Waals surface area (Å²) in [7, 11) is 0. The Kier molecular flexibility index (Phi) is 69.1. The van der Waals surface area contributed by atoms with Crippen molar-refractivity contribution in [2.45, 2.75) is 26.2 Å². The Hall–Kier alpha value is 1.18. The molecule has 0 aromatic heterocycles. The van der Waals surface area contributed by atoms with Gasteiger partial charge < -0.3 is 11.6 Å². The molecule has 0 saturated carbocycles. The number of halogens is 2. The van der Waals surface area contributed by atoms with Gasteiger partial charge in [0.25, 0.3) is 0 Å². The van der Waals surface area contributed by atoms with E-state index >= 15 is 0 Å². The largest absolute Gasteiger partial charge is 2.00 e. The summed E-state index contributed by atoms with van der Waals surface area (Å²) in [4.78, 5) is 0. The smallest absolute Gasteiger partial charge is 1.00 e. The fourth-order valence-corrected chi connectivity index (χ4v) is 0.250. The van der Waals surface area contributed by atoms with Crippen LogP contribution in [0.15, 0.2) is 0 Å². The molecule has 0 heterocycles. The van der Waals surface area contributed by atoms with Gasteiger partial charge in [-0.3, -0.25) is 0 Å². The second kappa shape index (κ2) is 24.1. The van der Waals surface area contributed by atoms with Crippen molar-refractivity contribution in [1.82, 2.24) is 0 Å². The minimum absolute atomic E-state index is 0. The van der Waals surface area contributed by atoms with Gasteiger partial charge in [0.2, 0.25) is 0 Å². The van der Waals surface area contributed by atoms with E-state index in [4.69, 9.17) is 0 Å². The molecular weight excluding hydrogens is 183 g/mol. The molecule has 0 aromatic rings. The quantitative estimate of drug-likeness (QED) is 0.400. The molecular formula is C5H12BrFMg. The van der Waals surface area contributed by atoms with Gasteiger partial charge in [0.15, 0.2) is 0 Å². The Morgan fingerprint density at radius 2 is 1.75 bits per heavy atom. The molecule has 0 rings (SSSR count). The molecule has 0 bridgehead atoms. The molecule has 48 valence electrons. The molecule has 0 aliphatic rings. The summed E-state index contributed by atoms with van der Waals surface area (Å²) in [5.41, 5.74) is 0. The minimum Gasteiger partial charge on any atom is -1.00 e. The predicted octanol–water partition coefficient (Wildman–Crippen LogP) is -0.788. The van der Waals surface area contributed by atoms with Crippen LogP contribution in [-0.2, 0) is 0 Å². The van der Waals surface area contributed by atoms with Crippen molar-refractivity contribution in [3.8, 4) is 0 Å². The van der Waals surface area contributed by atoms with E-state index in [2.05, 4.69) is 13.8 Å². The van der Waals surface area contributed by atoms with Crippen LogP contribution in [0.4, 0.5) is 0 Å². The molecule has 0 atom stereocenters. The zero-order valence-electron chi connectivity index (χ0n) is 5.32. The fraction of sp³-hybridized carbons (Fsp3) is 0.800. The summed E-state index contributed by atoms with van der Waals surface area (Å²) in [5, 5.41) is 0. The summed E-state index contributed by atoms with van der Waals surface area (Å²) in [6.07, 6.45) is 3.65. The second-order valence-corrected chi connectivity index (χ2v) is 1.21. The van der Waals surface area contributed by atoms with Crippen molar-refractivity contribution >= 4 is 40.0 Å². The third-order valence-corrected chi connectivity index (χ3v) is 0.604. The third kappa shape index (κ3) is 27.1. The van der Waals surface area contributed by atoms with Crippen LogP contribution < -0.4 is 4.70 Å². The Balaban J connectivity index is -0.0000000267. The average Bonchev–Trinajstić information content (AvgIpc) is 1.41. The zero-order valence-corrected chi connectivity index (χ0v) is 8.45. The van der Waals surface area contributed by atoms with E-state index in [1.165, 1.54) is 12.8 Å². The number of unbranched alkanes of at least 4 members (excludes halogenated alkanes) is 2. The van der Waals surface area contributed by atoms with E-state index in [1.54, 1.807) is 0 Å². The van der Waals surface area contributed by atoms with E-state index in [-0.39, 0.29) is 44.7 Å². The maximum absolute atomic E-state index is 3.68. The van der Waals surface area contributed by atoms with Crippen LogP contribution in [-0.4, -0.2) is 23.1 Å². The van der Waals surface area contributed by atoms with Crippen molar-refractivity contribution in [2.24, 2.45) is 0 Å². The van der Waals surface area contributed by atoms with Crippen LogP contribution in [0.25, 0.3) is 0 Å². The van der Waals surface area contributed by atoms with Crippen molar-refractivity contribution in [3.63, 3.8) is 0 Å². The van der Waals surface area contributed by atoms with Gasteiger partial charge >= 0.3 is 23.1 Å². The van der Waals surface area contributed by atoms with Crippen LogP contribution >= 0.6 is 17.0 Å². The summed E-state index contributed by atoms with van der Waals surface area (Å²) >= 11 is 0. The van der Waals surface area contributed by atoms with Crippen LogP contribution in [0.1, 0.15) is 26.2 Å². The molecule has 0 aliphatic heterocycles. The molecule has 8 heavy (non-hydrogen) atoms. The molecule has 0 nitrogen and oxygen atoms in total. The molecule has 0 spiro atoms. The second-order valence-electron chi connectivity index (χ2n) is 1.21. The SMILES string of the molecule is Br.[CH2-]CCCC.[F-].[Mg+2]. The van der Waals surface area contributed by atoms with E-state index in [0.717, 1.165) is 6.42 Å². The minimum atomic E-state index is 0. The van der Waals surface area contributed by atoms with Crippen LogP contribution in [0, 0.1) is 6.92 Å². The number of hydrogen-bond donors (Lipinski definition) is 0. The predicted molar refractivity (Wildman–Crippen MR) is 41.0 cm³/mol. The molecule has 0 unspecified atom stereocenters. The van der Waals surface area contributed by atoms with Crippen molar-refractivity contribution in [1.29, 1.82) is 0 Å². The van der Waals surface area contributed by atoms with Gasteiger partial charge in [0, 0.05) is 0 Å². The van der Waals surface area contributed by atoms with E-state index in [9.17, 15) is 0 Å². The molecule has 0 radical (unpaired) electrons. The van der Waals surface area contributed by atoms with Crippen molar-refractivity contribution in [3.05, 3.63) is 6.92 Å². The van der Waals surface area contributed by atoms with Gasteiger partial charge in [0.05, 0.1) is 0 Å². The van der Waals surface area contributed by atoms with Gasteiger partial charge in [-0.15, -0.1) is 17.0 Å². The number of hydrogen-bond acceptors (Lipinski definition) is 0. The molecule has 0 amide bonds. The van der Waals surface area contributed by atoms with E-state index < -0.39 is 0 Å². The first-order valence-corrected chi connectivity index (χ1v) is 2.21. The zero-order chi connectivity index (χ0) is 4.12. The van der Waals surface area contributed by atoms with Gasteiger partial charge in [-0.05, 0) is 0 Å². The first-order valence-electron chi connectivity index (χ1n) is 2.21. The Bertz CT molecular complexity index is 19.9. The first kappa shape index (κ1) is 22.9. The monoisotopic (exact) mass is 194 g/mol. The van der Waals surface area contributed by atoms with Crippen LogP contribution in [0.2, 0.25) is 0 Å². The average molecular weight is 195 g/mol. The fourth-order valence-electron chi connectivity index (χ4n) is 0.250. The van der Waals surface area contributed by atoms with E-state index in [0.29, 0.717) is 0 Å². The normalized spacial score (nSPS) is 5.25. The molecule has 0 N–H and O–H groups in total. The summed E-state index contributed by atoms with van der Waals surface area (Å²) in [6.45, 7) is 5.85. The third-order valence-electron chi connectivity index (χ3n) is 0.604. The van der Waals surface area contributed by atoms with Gasteiger partial charge in [-0.1, -0.05) is 19.8 Å². The van der Waals surface area contributed by atoms with Gasteiger partial charge in [-0.25, -0.2) is 0 Å². The molecule has 3 heteroatoms. The molecule has 0 saturated heterocycles. The number of rotatable bonds is 2. The van der Waals surface area contributed by atoms with Crippen LogP contribution in [0.5, 0.6) is 0 Å². The van der Waals surface area contributed by atoms with Crippen molar-refractivity contribution in [2.75, 3.05) is 0 Å². The van der Waals surface area contributed by atoms with Crippen LogP contribution in [0.3, 0.4) is 0 Å². The summed E-state index contributed by atoms with van der Waals surface area (Å²) < 4.78 is 0.